The highest BCUT2D eigenvalue weighted by molar-refractivity contribution is 7.47. The Hall–Kier alpha value is -3.62. The van der Waals surface area contributed by atoms with Crippen molar-refractivity contribution in [2.45, 2.75) is 96.4 Å². The summed E-state index contributed by atoms with van der Waals surface area (Å²) >= 11 is 0. The number of imidazole rings is 1. The number of nitrogens with one attached hydrogen (secondary N) is 3. The molecule has 0 bridgehead atoms. The summed E-state index contributed by atoms with van der Waals surface area (Å²) in [6.45, 7) is 5.34. The first kappa shape index (κ1) is 48.5. The molecule has 20 nitrogen and oxygen atoms in total. The molecule has 2 heterocycles. The lowest BCUT2D eigenvalue weighted by Crippen LogP contribution is -2.52. The monoisotopic (exact) mass is 817 g/mol. The van der Waals surface area contributed by atoms with Crippen molar-refractivity contribution in [2.24, 2.45) is 29.2 Å². The van der Waals surface area contributed by atoms with Crippen LogP contribution in [0.2, 0.25) is 0 Å². The van der Waals surface area contributed by atoms with Gasteiger partial charge in [-0.25, -0.2) is 9.55 Å². The summed E-state index contributed by atoms with van der Waals surface area (Å²) in [7, 11) is -3.12. The van der Waals surface area contributed by atoms with Gasteiger partial charge in [-0.1, -0.05) is 13.8 Å². The standard InChI is InChI=1S/C35H60N7O13P/c1-22(2)15-27(40-35(49)29-7-5-10-42(29)32(46)8-12-53-14-13-52-4)30(44)17-24(16-25-19-38-21-39-25)34(48)41-28(20-43)31(45)18-26(33(37)47)23(3)55-56(50,51)54-11-6-9-36/h19,21-24,26-29,43H,5-18,20,36H2,1-4H3,(H2,37,47)(H,38,39)(H,40,49)(H,41,48)(H,50,51)/t23-,24-,26+,27+,28+,29+/m1/s1. The van der Waals surface area contributed by atoms with Crippen molar-refractivity contribution in [1.82, 2.24) is 25.5 Å². The third-order valence-corrected chi connectivity index (χ3v) is 10.3. The van der Waals surface area contributed by atoms with Crippen LogP contribution < -0.4 is 22.1 Å². The number of hydrogen-bond donors (Lipinski definition) is 7. The lowest BCUT2D eigenvalue weighted by atomic mass is 9.89. The average Bonchev–Trinajstić information content (AvgIpc) is 3.84. The van der Waals surface area contributed by atoms with Crippen LogP contribution in [0.5, 0.6) is 0 Å². The number of phosphoric ester groups is 1. The topological polar surface area (TPSA) is 305 Å². The van der Waals surface area contributed by atoms with Crippen LogP contribution in [0.15, 0.2) is 12.5 Å². The zero-order valence-electron chi connectivity index (χ0n) is 32.7. The Morgan fingerprint density at radius 2 is 1.77 bits per heavy atom. The van der Waals surface area contributed by atoms with E-state index in [2.05, 4.69) is 20.6 Å². The number of Topliss-reactive ketones (excluding diaryl/α,β-unsaturated/α-hetero) is 2. The number of aliphatic hydroxyl groups is 1. The number of hydrogen-bond acceptors (Lipinski definition) is 14. The van der Waals surface area contributed by atoms with Crippen molar-refractivity contribution >= 4 is 43.0 Å². The minimum atomic E-state index is -4.66. The number of H-pyrrole nitrogens is 1. The highest BCUT2D eigenvalue weighted by Gasteiger charge is 2.38. The molecule has 0 radical (unpaired) electrons. The van der Waals surface area contributed by atoms with Gasteiger partial charge in [-0.2, -0.15) is 0 Å². The van der Waals surface area contributed by atoms with E-state index in [1.807, 2.05) is 13.8 Å². The second-order valence-electron chi connectivity index (χ2n) is 14.1. The van der Waals surface area contributed by atoms with Crippen LogP contribution in [0.1, 0.15) is 71.4 Å². The van der Waals surface area contributed by atoms with Gasteiger partial charge in [0.05, 0.1) is 69.8 Å². The number of nitrogens with two attached hydrogens (primary N) is 2. The third kappa shape index (κ3) is 16.9. The van der Waals surface area contributed by atoms with Crippen LogP contribution in [0.25, 0.3) is 0 Å². The molecule has 7 atom stereocenters. The molecule has 1 saturated heterocycles. The number of amides is 4. The smallest absolute Gasteiger partial charge is 0.394 e. The zero-order chi connectivity index (χ0) is 41.8. The van der Waals surface area contributed by atoms with Crippen LogP contribution in [-0.2, 0) is 58.3 Å². The lowest BCUT2D eigenvalue weighted by molar-refractivity contribution is -0.140. The molecule has 0 aliphatic carbocycles. The van der Waals surface area contributed by atoms with E-state index in [1.54, 1.807) is 0 Å². The number of phosphoric acid groups is 1. The van der Waals surface area contributed by atoms with Crippen molar-refractivity contribution in [3.05, 3.63) is 18.2 Å². The Morgan fingerprint density at radius 3 is 2.38 bits per heavy atom. The van der Waals surface area contributed by atoms with E-state index in [-0.39, 0.29) is 63.7 Å². The number of rotatable bonds is 29. The van der Waals surface area contributed by atoms with E-state index in [0.717, 1.165) is 0 Å². The number of ketones is 2. The molecule has 0 aromatic carbocycles. The second-order valence-corrected chi connectivity index (χ2v) is 15.5. The molecule has 0 saturated carbocycles. The van der Waals surface area contributed by atoms with Gasteiger partial charge in [-0.3, -0.25) is 37.8 Å². The summed E-state index contributed by atoms with van der Waals surface area (Å²) in [5.41, 5.74) is 11.3. The maximum absolute atomic E-state index is 13.9. The van der Waals surface area contributed by atoms with E-state index >= 15 is 0 Å². The molecule has 318 valence electrons. The van der Waals surface area contributed by atoms with Gasteiger partial charge in [-0.05, 0) is 45.1 Å². The predicted octanol–water partition coefficient (Wildman–Crippen LogP) is -0.489. The Morgan fingerprint density at radius 1 is 1.05 bits per heavy atom. The summed E-state index contributed by atoms with van der Waals surface area (Å²) < 4.78 is 32.5. The molecule has 1 aromatic heterocycles. The molecular formula is C35H60N7O13P. The molecule has 1 unspecified atom stereocenters. The number of aromatic nitrogens is 2. The fraction of sp³-hybridized carbons (Fsp3) is 0.743. The summed E-state index contributed by atoms with van der Waals surface area (Å²) in [6.07, 6.45) is 1.95. The van der Waals surface area contributed by atoms with Crippen LogP contribution >= 0.6 is 7.82 Å². The van der Waals surface area contributed by atoms with E-state index in [4.69, 9.17) is 30.0 Å². The second kappa shape index (κ2) is 24.9. The minimum absolute atomic E-state index is 0.0334. The van der Waals surface area contributed by atoms with Gasteiger partial charge in [0, 0.05) is 44.8 Å². The largest absolute Gasteiger partial charge is 0.472 e. The maximum Gasteiger partial charge on any atom is 0.472 e. The highest BCUT2D eigenvalue weighted by Crippen LogP contribution is 2.45. The van der Waals surface area contributed by atoms with Gasteiger partial charge in [0.1, 0.15) is 12.1 Å². The minimum Gasteiger partial charge on any atom is -0.394 e. The molecule has 56 heavy (non-hydrogen) atoms. The Kier molecular flexibility index (Phi) is 21.6. The molecule has 9 N–H and O–H groups in total. The zero-order valence-corrected chi connectivity index (χ0v) is 33.6. The summed E-state index contributed by atoms with van der Waals surface area (Å²) in [5, 5.41) is 15.4. The molecule has 4 amide bonds. The Balaban J connectivity index is 2.19. The van der Waals surface area contributed by atoms with Crippen LogP contribution in [-0.4, -0.2) is 138 Å². The first-order valence-corrected chi connectivity index (χ1v) is 20.3. The van der Waals surface area contributed by atoms with Crippen molar-refractivity contribution in [2.75, 3.05) is 53.2 Å². The van der Waals surface area contributed by atoms with Crippen molar-refractivity contribution in [1.29, 1.82) is 0 Å². The quantitative estimate of drug-likeness (QED) is 0.0397. The SMILES string of the molecule is COCCOCCC(=O)N1CCC[C@H]1C(=O)N[C@@H](CC(C)C)C(=O)C[C@@H](Cc1cnc[nH]1)C(=O)N[C@@H](CO)C(=O)C[C@H](C(N)=O)[C@@H](C)OP(=O)(O)OCCCN. The molecule has 1 aliphatic rings. The summed E-state index contributed by atoms with van der Waals surface area (Å²) in [6, 6.07) is -3.35. The fourth-order valence-corrected chi connectivity index (χ4v) is 7.14. The third-order valence-electron chi connectivity index (χ3n) is 9.16. The van der Waals surface area contributed by atoms with Gasteiger partial charge in [-0.15, -0.1) is 0 Å². The van der Waals surface area contributed by atoms with E-state index in [1.165, 1.54) is 31.5 Å². The number of ether oxygens (including phenoxy) is 2. The normalized spacial score (nSPS) is 18.1. The van der Waals surface area contributed by atoms with Gasteiger partial charge in [0.15, 0.2) is 11.6 Å². The van der Waals surface area contributed by atoms with Crippen LogP contribution in [0.3, 0.4) is 0 Å². The van der Waals surface area contributed by atoms with Gasteiger partial charge < -0.3 is 51.5 Å². The van der Waals surface area contributed by atoms with Gasteiger partial charge in [0.2, 0.25) is 23.6 Å². The number of aromatic amines is 1. The predicted molar refractivity (Wildman–Crippen MR) is 200 cm³/mol. The molecule has 2 rings (SSSR count). The number of nitrogens with zero attached hydrogens (tertiary/aromatic N) is 2. The maximum atomic E-state index is 13.9. The van der Waals surface area contributed by atoms with Crippen molar-refractivity contribution < 1.29 is 61.9 Å². The number of likely N-dealkylation sites (tertiary alicyclic amines) is 1. The summed E-state index contributed by atoms with van der Waals surface area (Å²) in [5.74, 6) is -6.49. The van der Waals surface area contributed by atoms with Crippen molar-refractivity contribution in [3.8, 4) is 0 Å². The van der Waals surface area contributed by atoms with E-state index in [9.17, 15) is 43.3 Å². The molecule has 1 aromatic rings. The molecular weight excluding hydrogens is 757 g/mol. The number of aliphatic hydroxyl groups excluding tert-OH is 1. The lowest BCUT2D eigenvalue weighted by Gasteiger charge is -2.28. The van der Waals surface area contributed by atoms with Crippen LogP contribution in [0.4, 0.5) is 0 Å². The van der Waals surface area contributed by atoms with Gasteiger partial charge in [0.25, 0.3) is 0 Å². The number of carbonyl (C=O) groups excluding carboxylic acids is 6. The number of primary amides is 1. The number of carbonyl (C=O) groups is 6. The Labute approximate surface area is 327 Å². The molecule has 21 heteroatoms. The number of methoxy groups -OCH3 is 1. The molecule has 1 fully saturated rings. The van der Waals surface area contributed by atoms with Crippen LogP contribution in [0, 0.1) is 17.8 Å². The molecule has 1 aliphatic heterocycles. The molecule has 0 spiro atoms. The van der Waals surface area contributed by atoms with E-state index < -0.39 is 86.2 Å². The van der Waals surface area contributed by atoms with Gasteiger partial charge >= 0.3 is 7.82 Å². The Bertz CT molecular complexity index is 1460. The fourth-order valence-electron chi connectivity index (χ4n) is 6.15. The summed E-state index contributed by atoms with van der Waals surface area (Å²) in [4.78, 5) is 98.2. The highest BCUT2D eigenvalue weighted by atomic mass is 31.2. The van der Waals surface area contributed by atoms with Crippen molar-refractivity contribution in [3.63, 3.8) is 0 Å². The average molecular weight is 818 g/mol. The van der Waals surface area contributed by atoms with E-state index in [0.29, 0.717) is 38.3 Å². The first-order valence-electron chi connectivity index (χ1n) is 18.8. The first-order chi connectivity index (χ1) is 26.5.